The van der Waals surface area contributed by atoms with Crippen LogP contribution >= 0.6 is 27.5 Å². The lowest BCUT2D eigenvalue weighted by molar-refractivity contribution is 0.475. The topological polar surface area (TPSA) is 32.3 Å². The lowest BCUT2D eigenvalue weighted by Crippen LogP contribution is -2.06. The summed E-state index contributed by atoms with van der Waals surface area (Å²) in [5.41, 5.74) is 1.97. The third kappa shape index (κ3) is 3.18. The molecule has 1 atom stereocenters. The zero-order valence-corrected chi connectivity index (χ0v) is 12.2. The van der Waals surface area contributed by atoms with Gasteiger partial charge >= 0.3 is 0 Å². The minimum atomic E-state index is 0.109. The Morgan fingerprint density at radius 1 is 1.17 bits per heavy atom. The Hall–Kier alpha value is -1.19. The Kier molecular flexibility index (Phi) is 4.15. The number of phenols is 1. The van der Waals surface area contributed by atoms with Crippen molar-refractivity contribution in [3.8, 4) is 5.75 Å². The summed E-state index contributed by atoms with van der Waals surface area (Å²) in [7, 11) is 0. The predicted molar refractivity (Wildman–Crippen MR) is 79.3 cm³/mol. The molecule has 2 N–H and O–H groups in total. The molecule has 0 radical (unpaired) electrons. The van der Waals surface area contributed by atoms with E-state index < -0.39 is 0 Å². The molecule has 0 spiro atoms. The molecule has 0 aliphatic heterocycles. The summed E-state index contributed by atoms with van der Waals surface area (Å²) >= 11 is 9.55. The number of hydrogen-bond acceptors (Lipinski definition) is 2. The van der Waals surface area contributed by atoms with Crippen molar-refractivity contribution in [2.24, 2.45) is 0 Å². The highest BCUT2D eigenvalue weighted by molar-refractivity contribution is 9.10. The molecule has 4 heteroatoms. The van der Waals surface area contributed by atoms with Gasteiger partial charge in [-0.25, -0.2) is 0 Å². The van der Waals surface area contributed by atoms with Crippen molar-refractivity contribution < 1.29 is 5.11 Å². The molecular weight excluding hydrogens is 314 g/mol. The Bertz CT molecular complexity index is 542. The molecule has 0 aliphatic rings. The molecule has 2 nitrogen and oxygen atoms in total. The maximum absolute atomic E-state index is 9.26. The summed E-state index contributed by atoms with van der Waals surface area (Å²) in [6.07, 6.45) is 0. The van der Waals surface area contributed by atoms with E-state index in [0.717, 1.165) is 15.7 Å². The second-order valence-electron chi connectivity index (χ2n) is 4.08. The van der Waals surface area contributed by atoms with Crippen molar-refractivity contribution in [2.75, 3.05) is 5.32 Å². The average molecular weight is 327 g/mol. The highest BCUT2D eigenvalue weighted by Crippen LogP contribution is 2.29. The SMILES string of the molecule is CC(Nc1cc(Br)ccc1Cl)c1ccc(O)cc1. The summed E-state index contributed by atoms with van der Waals surface area (Å²) in [6, 6.07) is 12.9. The van der Waals surface area contributed by atoms with Gasteiger partial charge in [-0.05, 0) is 42.8 Å². The Labute approximate surface area is 120 Å². The number of nitrogens with one attached hydrogen (secondary N) is 1. The van der Waals surface area contributed by atoms with Crippen molar-refractivity contribution in [1.82, 2.24) is 0 Å². The lowest BCUT2D eigenvalue weighted by Gasteiger charge is -2.17. The lowest BCUT2D eigenvalue weighted by atomic mass is 10.1. The van der Waals surface area contributed by atoms with Crippen LogP contribution in [0.4, 0.5) is 5.69 Å². The third-order valence-electron chi connectivity index (χ3n) is 2.69. The van der Waals surface area contributed by atoms with E-state index in [1.165, 1.54) is 0 Å². The molecule has 0 bridgehead atoms. The van der Waals surface area contributed by atoms with E-state index in [0.29, 0.717) is 5.02 Å². The maximum Gasteiger partial charge on any atom is 0.115 e. The molecule has 0 aromatic heterocycles. The summed E-state index contributed by atoms with van der Waals surface area (Å²) in [6.45, 7) is 2.05. The normalized spacial score (nSPS) is 12.2. The van der Waals surface area contributed by atoms with Crippen molar-refractivity contribution in [3.63, 3.8) is 0 Å². The minimum Gasteiger partial charge on any atom is -0.508 e. The van der Waals surface area contributed by atoms with Gasteiger partial charge in [0.1, 0.15) is 5.75 Å². The van der Waals surface area contributed by atoms with E-state index in [9.17, 15) is 5.11 Å². The average Bonchev–Trinajstić information content (AvgIpc) is 2.34. The van der Waals surface area contributed by atoms with Gasteiger partial charge in [0.15, 0.2) is 0 Å². The van der Waals surface area contributed by atoms with Gasteiger partial charge in [0, 0.05) is 10.5 Å². The molecule has 0 aliphatic carbocycles. The number of hydrogen-bond donors (Lipinski definition) is 2. The highest BCUT2D eigenvalue weighted by Gasteiger charge is 2.08. The van der Waals surface area contributed by atoms with Crippen LogP contribution in [0.2, 0.25) is 5.02 Å². The van der Waals surface area contributed by atoms with Crippen LogP contribution in [0.15, 0.2) is 46.9 Å². The molecule has 2 aromatic carbocycles. The molecule has 2 rings (SSSR count). The van der Waals surface area contributed by atoms with Crippen LogP contribution in [0.1, 0.15) is 18.5 Å². The van der Waals surface area contributed by atoms with Gasteiger partial charge in [-0.1, -0.05) is 39.7 Å². The molecule has 0 saturated heterocycles. The zero-order valence-electron chi connectivity index (χ0n) is 9.82. The number of rotatable bonds is 3. The van der Waals surface area contributed by atoms with E-state index in [1.54, 1.807) is 12.1 Å². The Morgan fingerprint density at radius 2 is 1.83 bits per heavy atom. The molecule has 2 aromatic rings. The summed E-state index contributed by atoms with van der Waals surface area (Å²) < 4.78 is 0.979. The fraction of sp³-hybridized carbons (Fsp3) is 0.143. The van der Waals surface area contributed by atoms with Crippen LogP contribution in [0.5, 0.6) is 5.75 Å². The van der Waals surface area contributed by atoms with Crippen LogP contribution in [0.25, 0.3) is 0 Å². The quantitative estimate of drug-likeness (QED) is 0.833. The molecule has 94 valence electrons. The van der Waals surface area contributed by atoms with Crippen molar-refractivity contribution >= 4 is 33.2 Å². The van der Waals surface area contributed by atoms with Gasteiger partial charge in [-0.2, -0.15) is 0 Å². The van der Waals surface area contributed by atoms with E-state index in [1.807, 2.05) is 37.3 Å². The molecule has 0 heterocycles. The van der Waals surface area contributed by atoms with Gasteiger partial charge in [0.05, 0.1) is 10.7 Å². The summed E-state index contributed by atoms with van der Waals surface area (Å²) in [5.74, 6) is 0.270. The smallest absolute Gasteiger partial charge is 0.115 e. The zero-order chi connectivity index (χ0) is 13.1. The van der Waals surface area contributed by atoms with Gasteiger partial charge in [0.2, 0.25) is 0 Å². The van der Waals surface area contributed by atoms with E-state index in [2.05, 4.69) is 21.2 Å². The van der Waals surface area contributed by atoms with Crippen LogP contribution in [0, 0.1) is 0 Å². The van der Waals surface area contributed by atoms with Gasteiger partial charge in [-0.3, -0.25) is 0 Å². The van der Waals surface area contributed by atoms with Crippen molar-refractivity contribution in [3.05, 3.63) is 57.5 Å². The van der Waals surface area contributed by atoms with E-state index in [-0.39, 0.29) is 11.8 Å². The van der Waals surface area contributed by atoms with Gasteiger partial charge in [0.25, 0.3) is 0 Å². The van der Waals surface area contributed by atoms with Gasteiger partial charge < -0.3 is 10.4 Å². The standard InChI is InChI=1S/C14H13BrClNO/c1-9(10-2-5-12(18)6-3-10)17-14-8-11(15)4-7-13(14)16/h2-9,17-18H,1H3. The summed E-state index contributed by atoms with van der Waals surface area (Å²) in [4.78, 5) is 0. The molecule has 1 unspecified atom stereocenters. The number of benzene rings is 2. The maximum atomic E-state index is 9.26. The second-order valence-corrected chi connectivity index (χ2v) is 5.40. The number of aromatic hydroxyl groups is 1. The minimum absolute atomic E-state index is 0.109. The fourth-order valence-electron chi connectivity index (χ4n) is 1.69. The van der Waals surface area contributed by atoms with Crippen molar-refractivity contribution in [2.45, 2.75) is 13.0 Å². The second kappa shape index (κ2) is 5.63. The third-order valence-corrected chi connectivity index (χ3v) is 3.52. The monoisotopic (exact) mass is 325 g/mol. The first-order valence-corrected chi connectivity index (χ1v) is 6.74. The first kappa shape index (κ1) is 13.2. The Morgan fingerprint density at radius 3 is 2.50 bits per heavy atom. The predicted octanol–water partition coefficient (Wildman–Crippen LogP) is 4.98. The molecular formula is C14H13BrClNO. The van der Waals surface area contributed by atoms with Crippen LogP contribution in [0.3, 0.4) is 0 Å². The Balaban J connectivity index is 2.18. The molecule has 0 fully saturated rings. The molecule has 18 heavy (non-hydrogen) atoms. The van der Waals surface area contributed by atoms with Crippen LogP contribution in [-0.4, -0.2) is 5.11 Å². The number of phenolic OH excluding ortho intramolecular Hbond substituents is 1. The number of anilines is 1. The van der Waals surface area contributed by atoms with Crippen molar-refractivity contribution in [1.29, 1.82) is 0 Å². The van der Waals surface area contributed by atoms with E-state index in [4.69, 9.17) is 11.6 Å². The van der Waals surface area contributed by atoms with E-state index >= 15 is 0 Å². The largest absolute Gasteiger partial charge is 0.508 e. The first-order valence-electron chi connectivity index (χ1n) is 5.57. The fourth-order valence-corrected chi connectivity index (χ4v) is 2.22. The van der Waals surface area contributed by atoms with Crippen LogP contribution in [-0.2, 0) is 0 Å². The summed E-state index contributed by atoms with van der Waals surface area (Å²) in [5, 5.41) is 13.3. The van der Waals surface area contributed by atoms with Gasteiger partial charge in [-0.15, -0.1) is 0 Å². The number of halogens is 2. The molecule has 0 amide bonds. The first-order chi connectivity index (χ1) is 8.56. The highest BCUT2D eigenvalue weighted by atomic mass is 79.9. The molecule has 0 saturated carbocycles. The van der Waals surface area contributed by atoms with Crippen LogP contribution < -0.4 is 5.32 Å².